The van der Waals surface area contributed by atoms with Gasteiger partial charge in [-0.3, -0.25) is 4.90 Å². The van der Waals surface area contributed by atoms with Crippen LogP contribution >= 0.6 is 11.6 Å². The van der Waals surface area contributed by atoms with Gasteiger partial charge in [0.25, 0.3) is 0 Å². The molecule has 6 nitrogen and oxygen atoms in total. The Morgan fingerprint density at radius 1 is 1.14 bits per heavy atom. The van der Waals surface area contributed by atoms with Gasteiger partial charge in [0.1, 0.15) is 0 Å². The van der Waals surface area contributed by atoms with Gasteiger partial charge in [0, 0.05) is 13.1 Å². The number of rotatable bonds is 7. The number of esters is 1. The van der Waals surface area contributed by atoms with Crippen molar-refractivity contribution in [2.75, 3.05) is 20.2 Å². The van der Waals surface area contributed by atoms with E-state index in [1.807, 2.05) is 18.2 Å². The van der Waals surface area contributed by atoms with E-state index in [9.17, 15) is 13.2 Å². The normalized spacial score (nSPS) is 14.9. The molecule has 1 heterocycles. The lowest BCUT2D eigenvalue weighted by molar-refractivity contribution is 0.0600. The number of carbonyl (C=O) groups is 1. The van der Waals surface area contributed by atoms with Crippen molar-refractivity contribution < 1.29 is 17.9 Å². The molecule has 0 spiro atoms. The predicted molar refractivity (Wildman–Crippen MR) is 108 cm³/mol. The topological polar surface area (TPSA) is 75.7 Å². The zero-order valence-corrected chi connectivity index (χ0v) is 17.2. The van der Waals surface area contributed by atoms with E-state index in [1.54, 1.807) is 0 Å². The quantitative estimate of drug-likeness (QED) is 0.693. The number of hydrogen-bond acceptors (Lipinski definition) is 5. The van der Waals surface area contributed by atoms with Crippen LogP contribution in [0.15, 0.2) is 47.4 Å². The van der Waals surface area contributed by atoms with Crippen molar-refractivity contribution in [3.63, 3.8) is 0 Å². The van der Waals surface area contributed by atoms with E-state index in [0.29, 0.717) is 0 Å². The fourth-order valence-electron chi connectivity index (χ4n) is 3.24. The first-order valence-corrected chi connectivity index (χ1v) is 10.9. The Kier molecular flexibility index (Phi) is 6.72. The number of ether oxygens (including phenoxy) is 1. The van der Waals surface area contributed by atoms with Crippen molar-refractivity contribution >= 4 is 27.6 Å². The highest BCUT2D eigenvalue weighted by Gasteiger charge is 2.19. The van der Waals surface area contributed by atoms with E-state index in [2.05, 4.69) is 20.4 Å². The van der Waals surface area contributed by atoms with Crippen molar-refractivity contribution in [1.29, 1.82) is 0 Å². The van der Waals surface area contributed by atoms with E-state index in [0.717, 1.165) is 30.8 Å². The lowest BCUT2D eigenvalue weighted by atomic mass is 10.1. The average molecular weight is 423 g/mol. The van der Waals surface area contributed by atoms with Crippen LogP contribution in [0.2, 0.25) is 5.02 Å². The predicted octanol–water partition coefficient (Wildman–Crippen LogP) is 3.20. The highest BCUT2D eigenvalue weighted by atomic mass is 35.5. The number of nitrogens with zero attached hydrogens (tertiary/aromatic N) is 1. The van der Waals surface area contributed by atoms with Crippen molar-refractivity contribution in [2.24, 2.45) is 0 Å². The largest absolute Gasteiger partial charge is 0.465 e. The van der Waals surface area contributed by atoms with Crippen LogP contribution in [0.3, 0.4) is 0 Å². The molecule has 0 radical (unpaired) electrons. The molecule has 1 N–H and O–H groups in total. The van der Waals surface area contributed by atoms with Crippen LogP contribution < -0.4 is 4.72 Å². The molecular formula is C20H23ClN2O4S. The number of benzene rings is 2. The Balaban J connectivity index is 1.70. The molecule has 0 atom stereocenters. The molecule has 3 rings (SSSR count). The SMILES string of the molecule is COC(=O)c1cc(S(=O)(=O)NCc2cccc(CN3CCCC3)c2)ccc1Cl. The third-order valence-electron chi connectivity index (χ3n) is 4.72. The number of nitrogens with one attached hydrogen (secondary N) is 1. The molecule has 0 saturated carbocycles. The van der Waals surface area contributed by atoms with Gasteiger partial charge in [-0.05, 0) is 55.3 Å². The van der Waals surface area contributed by atoms with Crippen LogP contribution in [0, 0.1) is 0 Å². The summed E-state index contributed by atoms with van der Waals surface area (Å²) < 4.78 is 32.5. The van der Waals surface area contributed by atoms with Gasteiger partial charge in [-0.2, -0.15) is 0 Å². The van der Waals surface area contributed by atoms with E-state index >= 15 is 0 Å². The third kappa shape index (κ3) is 5.11. The molecule has 1 saturated heterocycles. The number of halogens is 1. The second-order valence-corrected chi connectivity index (χ2v) is 8.94. The zero-order valence-electron chi connectivity index (χ0n) is 15.7. The van der Waals surface area contributed by atoms with Crippen LogP contribution in [0.1, 0.15) is 34.3 Å². The van der Waals surface area contributed by atoms with Gasteiger partial charge in [-0.25, -0.2) is 17.9 Å². The first kappa shape index (κ1) is 20.8. The van der Waals surface area contributed by atoms with Crippen LogP contribution in [0.25, 0.3) is 0 Å². The van der Waals surface area contributed by atoms with Crippen LogP contribution in [0.4, 0.5) is 0 Å². The first-order chi connectivity index (χ1) is 13.4. The molecule has 0 bridgehead atoms. The Morgan fingerprint density at radius 3 is 2.57 bits per heavy atom. The van der Waals surface area contributed by atoms with Gasteiger partial charge in [-0.1, -0.05) is 35.9 Å². The molecule has 2 aromatic carbocycles. The second kappa shape index (κ2) is 9.05. The van der Waals surface area contributed by atoms with Crippen LogP contribution in [0.5, 0.6) is 0 Å². The fraction of sp³-hybridized carbons (Fsp3) is 0.350. The third-order valence-corrected chi connectivity index (χ3v) is 6.44. The lowest BCUT2D eigenvalue weighted by Crippen LogP contribution is -2.24. The maximum absolute atomic E-state index is 12.6. The minimum atomic E-state index is -3.80. The summed E-state index contributed by atoms with van der Waals surface area (Å²) in [6.45, 7) is 3.25. The average Bonchev–Trinajstić information content (AvgIpc) is 3.19. The molecule has 8 heteroatoms. The summed E-state index contributed by atoms with van der Waals surface area (Å²) in [4.78, 5) is 14.1. The minimum absolute atomic E-state index is 0.0136. The van der Waals surface area contributed by atoms with Crippen molar-refractivity contribution in [1.82, 2.24) is 9.62 Å². The number of carbonyl (C=O) groups excluding carboxylic acids is 1. The van der Waals surface area contributed by atoms with E-state index < -0.39 is 16.0 Å². The molecular weight excluding hydrogens is 400 g/mol. The van der Waals surface area contributed by atoms with Crippen molar-refractivity contribution in [3.05, 3.63) is 64.2 Å². The van der Waals surface area contributed by atoms with Gasteiger partial charge in [-0.15, -0.1) is 0 Å². The Morgan fingerprint density at radius 2 is 1.86 bits per heavy atom. The summed E-state index contributed by atoms with van der Waals surface area (Å²) in [6.07, 6.45) is 2.46. The number of methoxy groups -OCH3 is 1. The van der Waals surface area contributed by atoms with Gasteiger partial charge in [0.15, 0.2) is 0 Å². The van der Waals surface area contributed by atoms with Gasteiger partial charge in [0.05, 0.1) is 22.6 Å². The summed E-state index contributed by atoms with van der Waals surface area (Å²) in [5.74, 6) is -0.684. The summed E-state index contributed by atoms with van der Waals surface area (Å²) in [5.41, 5.74) is 2.06. The number of sulfonamides is 1. The maximum Gasteiger partial charge on any atom is 0.339 e. The highest BCUT2D eigenvalue weighted by Crippen LogP contribution is 2.21. The summed E-state index contributed by atoms with van der Waals surface area (Å²) >= 11 is 5.96. The lowest BCUT2D eigenvalue weighted by Gasteiger charge is -2.15. The molecule has 1 aliphatic heterocycles. The summed E-state index contributed by atoms with van der Waals surface area (Å²) in [5, 5.41) is 0.139. The fourth-order valence-corrected chi connectivity index (χ4v) is 4.47. The molecule has 0 amide bonds. The molecule has 150 valence electrons. The Bertz CT molecular complexity index is 956. The number of likely N-dealkylation sites (tertiary alicyclic amines) is 1. The molecule has 28 heavy (non-hydrogen) atoms. The van der Waals surface area contributed by atoms with Crippen molar-refractivity contribution in [2.45, 2.75) is 30.8 Å². The minimum Gasteiger partial charge on any atom is -0.465 e. The summed E-state index contributed by atoms with van der Waals surface area (Å²) in [7, 11) is -2.59. The molecule has 1 aliphatic rings. The van der Waals surface area contributed by atoms with E-state index in [-0.39, 0.29) is 22.0 Å². The molecule has 0 aromatic heterocycles. The monoisotopic (exact) mass is 422 g/mol. The van der Waals surface area contributed by atoms with Crippen molar-refractivity contribution in [3.8, 4) is 0 Å². The summed E-state index contributed by atoms with van der Waals surface area (Å²) in [6, 6.07) is 11.9. The second-order valence-electron chi connectivity index (χ2n) is 6.76. The Hall–Kier alpha value is -1.93. The number of hydrogen-bond donors (Lipinski definition) is 1. The molecule has 0 aliphatic carbocycles. The maximum atomic E-state index is 12.6. The van der Waals surface area contributed by atoms with Gasteiger partial charge in [0.2, 0.25) is 10.0 Å². The molecule has 2 aromatic rings. The first-order valence-electron chi connectivity index (χ1n) is 9.07. The van der Waals surface area contributed by atoms with Crippen LogP contribution in [-0.4, -0.2) is 39.5 Å². The van der Waals surface area contributed by atoms with Gasteiger partial charge >= 0.3 is 5.97 Å². The standard InChI is InChI=1S/C20H23ClN2O4S/c1-27-20(24)18-12-17(7-8-19(18)21)28(25,26)22-13-15-5-4-6-16(11-15)14-23-9-2-3-10-23/h4-8,11-12,22H,2-3,9-10,13-14H2,1H3. The zero-order chi connectivity index (χ0) is 20.1. The van der Waals surface area contributed by atoms with E-state index in [4.69, 9.17) is 11.6 Å². The Labute approximate surface area is 170 Å². The van der Waals surface area contributed by atoms with Crippen LogP contribution in [-0.2, 0) is 27.8 Å². The highest BCUT2D eigenvalue weighted by molar-refractivity contribution is 7.89. The van der Waals surface area contributed by atoms with Gasteiger partial charge < -0.3 is 4.74 Å². The molecule has 0 unspecified atom stereocenters. The smallest absolute Gasteiger partial charge is 0.339 e. The van der Waals surface area contributed by atoms with E-state index in [1.165, 1.54) is 38.2 Å². The molecule has 1 fully saturated rings.